The molecule has 0 aromatic heterocycles. The number of amides is 1. The number of phenols is 1. The van der Waals surface area contributed by atoms with Crippen LogP contribution in [0.3, 0.4) is 0 Å². The van der Waals surface area contributed by atoms with E-state index < -0.39 is 0 Å². The summed E-state index contributed by atoms with van der Waals surface area (Å²) in [7, 11) is 0. The van der Waals surface area contributed by atoms with Gasteiger partial charge in [-0.05, 0) is 37.1 Å². The Hall–Kier alpha value is -2.82. The number of nitrogens with one attached hydrogen (secondary N) is 1. The second-order valence-electron chi connectivity index (χ2n) is 4.88. The number of hydrogen-bond acceptors (Lipinski definition) is 4. The van der Waals surface area contributed by atoms with Gasteiger partial charge in [-0.2, -0.15) is 0 Å². The van der Waals surface area contributed by atoms with Crippen LogP contribution in [-0.4, -0.2) is 23.8 Å². The van der Waals surface area contributed by atoms with Crippen LogP contribution in [0.25, 0.3) is 0 Å². The van der Waals surface area contributed by atoms with E-state index in [4.69, 9.17) is 4.84 Å². The minimum absolute atomic E-state index is 0.106. The highest BCUT2D eigenvalue weighted by atomic mass is 16.6. The summed E-state index contributed by atoms with van der Waals surface area (Å²) in [5, 5.41) is 16.0. The molecule has 0 bridgehead atoms. The topological polar surface area (TPSA) is 70.9 Å². The molecule has 0 heterocycles. The van der Waals surface area contributed by atoms with Gasteiger partial charge in [0.15, 0.2) is 6.61 Å². The molecule has 0 unspecified atom stereocenters. The lowest BCUT2D eigenvalue weighted by atomic mass is 10.1. The van der Waals surface area contributed by atoms with Crippen molar-refractivity contribution in [2.24, 2.45) is 5.16 Å². The van der Waals surface area contributed by atoms with Gasteiger partial charge in [-0.1, -0.05) is 35.5 Å². The molecule has 2 N–H and O–H groups in total. The number of carbonyl (C=O) groups is 1. The first-order valence-corrected chi connectivity index (χ1v) is 6.87. The molecular weight excluding hydrogens is 280 g/mol. The molecule has 114 valence electrons. The Morgan fingerprint density at radius 2 is 1.86 bits per heavy atom. The molecule has 0 saturated carbocycles. The summed E-state index contributed by atoms with van der Waals surface area (Å²) in [6.07, 6.45) is 1.36. The van der Waals surface area contributed by atoms with E-state index in [9.17, 15) is 9.90 Å². The number of phenolic OH excluding ortho intramolecular Hbond substituents is 1. The first-order valence-electron chi connectivity index (χ1n) is 6.87. The van der Waals surface area contributed by atoms with E-state index in [-0.39, 0.29) is 18.3 Å². The minimum Gasteiger partial charge on any atom is -0.507 e. The van der Waals surface area contributed by atoms with Gasteiger partial charge in [0.2, 0.25) is 0 Å². The summed E-state index contributed by atoms with van der Waals surface area (Å²) in [4.78, 5) is 16.8. The van der Waals surface area contributed by atoms with Gasteiger partial charge >= 0.3 is 0 Å². The standard InChI is InChI=1S/C17H18N2O3/c1-12-6-5-7-13(2)17(12)19-16(21)11-22-18-10-14-8-3-4-9-15(14)20/h3-10,20H,11H2,1-2H3,(H,19,21). The van der Waals surface area contributed by atoms with Gasteiger partial charge in [0.25, 0.3) is 5.91 Å². The molecule has 0 atom stereocenters. The van der Waals surface area contributed by atoms with Crippen molar-refractivity contribution in [1.29, 1.82) is 0 Å². The molecule has 0 aliphatic heterocycles. The second-order valence-corrected chi connectivity index (χ2v) is 4.88. The highest BCUT2D eigenvalue weighted by molar-refractivity contribution is 5.93. The van der Waals surface area contributed by atoms with E-state index in [1.165, 1.54) is 6.21 Å². The zero-order valence-corrected chi connectivity index (χ0v) is 12.5. The van der Waals surface area contributed by atoms with Gasteiger partial charge in [-0.25, -0.2) is 0 Å². The Kier molecular flexibility index (Phi) is 5.14. The molecule has 0 aliphatic rings. The number of rotatable bonds is 5. The first-order chi connectivity index (χ1) is 10.6. The van der Waals surface area contributed by atoms with Crippen LogP contribution in [0.2, 0.25) is 0 Å². The van der Waals surface area contributed by atoms with Crippen LogP contribution < -0.4 is 5.32 Å². The molecule has 5 heteroatoms. The number of carbonyl (C=O) groups excluding carboxylic acids is 1. The minimum atomic E-state index is -0.285. The Morgan fingerprint density at radius 1 is 1.18 bits per heavy atom. The molecule has 2 aromatic carbocycles. The lowest BCUT2D eigenvalue weighted by Gasteiger charge is -2.10. The number of aryl methyl sites for hydroxylation is 2. The highest BCUT2D eigenvalue weighted by Gasteiger charge is 2.07. The molecule has 2 aromatic rings. The number of nitrogens with zero attached hydrogens (tertiary/aromatic N) is 1. The average Bonchev–Trinajstić information content (AvgIpc) is 2.49. The van der Waals surface area contributed by atoms with Crippen LogP contribution in [0.5, 0.6) is 5.75 Å². The van der Waals surface area contributed by atoms with Crippen LogP contribution in [0.1, 0.15) is 16.7 Å². The maximum absolute atomic E-state index is 11.8. The highest BCUT2D eigenvalue weighted by Crippen LogP contribution is 2.19. The number of oxime groups is 1. The second kappa shape index (κ2) is 7.26. The third kappa shape index (κ3) is 4.09. The van der Waals surface area contributed by atoms with Crippen molar-refractivity contribution in [2.75, 3.05) is 11.9 Å². The number of anilines is 1. The Labute approximate surface area is 129 Å². The maximum Gasteiger partial charge on any atom is 0.265 e. The van der Waals surface area contributed by atoms with Crippen molar-refractivity contribution in [3.05, 3.63) is 59.2 Å². The van der Waals surface area contributed by atoms with Crippen molar-refractivity contribution in [3.8, 4) is 5.75 Å². The number of hydrogen-bond donors (Lipinski definition) is 2. The lowest BCUT2D eigenvalue weighted by molar-refractivity contribution is -0.120. The molecule has 22 heavy (non-hydrogen) atoms. The predicted molar refractivity (Wildman–Crippen MR) is 86.2 cm³/mol. The summed E-state index contributed by atoms with van der Waals surface area (Å²) in [5.74, 6) is -0.179. The molecule has 1 amide bonds. The summed E-state index contributed by atoms with van der Waals surface area (Å²) in [6.45, 7) is 3.66. The smallest absolute Gasteiger partial charge is 0.265 e. The Bertz CT molecular complexity index is 676. The number of para-hydroxylation sites is 2. The van der Waals surface area contributed by atoms with E-state index in [1.54, 1.807) is 24.3 Å². The lowest BCUT2D eigenvalue weighted by Crippen LogP contribution is -2.18. The fourth-order valence-corrected chi connectivity index (χ4v) is 1.97. The normalized spacial score (nSPS) is 10.6. The zero-order chi connectivity index (χ0) is 15.9. The Balaban J connectivity index is 1.87. The molecule has 0 aliphatic carbocycles. The van der Waals surface area contributed by atoms with Gasteiger partial charge in [0.1, 0.15) is 5.75 Å². The van der Waals surface area contributed by atoms with Gasteiger partial charge < -0.3 is 15.3 Å². The van der Waals surface area contributed by atoms with E-state index in [0.29, 0.717) is 5.56 Å². The molecule has 2 rings (SSSR count). The predicted octanol–water partition coefficient (Wildman–Crippen LogP) is 3.00. The van der Waals surface area contributed by atoms with Crippen LogP contribution >= 0.6 is 0 Å². The van der Waals surface area contributed by atoms with Gasteiger partial charge in [0, 0.05) is 11.3 Å². The average molecular weight is 298 g/mol. The van der Waals surface area contributed by atoms with Gasteiger partial charge in [0.05, 0.1) is 6.21 Å². The van der Waals surface area contributed by atoms with E-state index in [2.05, 4.69) is 10.5 Å². The molecule has 0 radical (unpaired) electrons. The third-order valence-corrected chi connectivity index (χ3v) is 3.14. The fourth-order valence-electron chi connectivity index (χ4n) is 1.97. The molecule has 5 nitrogen and oxygen atoms in total. The number of benzene rings is 2. The van der Waals surface area contributed by atoms with Crippen molar-refractivity contribution < 1.29 is 14.7 Å². The van der Waals surface area contributed by atoms with Crippen LogP contribution in [0.4, 0.5) is 5.69 Å². The van der Waals surface area contributed by atoms with Crippen molar-refractivity contribution in [1.82, 2.24) is 0 Å². The summed E-state index contributed by atoms with van der Waals surface area (Å²) in [5.41, 5.74) is 3.30. The Morgan fingerprint density at radius 3 is 2.55 bits per heavy atom. The first kappa shape index (κ1) is 15.6. The molecular formula is C17H18N2O3. The molecule has 0 saturated heterocycles. The van der Waals surface area contributed by atoms with E-state index in [0.717, 1.165) is 16.8 Å². The zero-order valence-electron chi connectivity index (χ0n) is 12.5. The quantitative estimate of drug-likeness (QED) is 0.658. The van der Waals surface area contributed by atoms with Crippen molar-refractivity contribution in [3.63, 3.8) is 0 Å². The van der Waals surface area contributed by atoms with Gasteiger partial charge in [-0.3, -0.25) is 4.79 Å². The molecule has 0 fully saturated rings. The number of aromatic hydroxyl groups is 1. The monoisotopic (exact) mass is 298 g/mol. The largest absolute Gasteiger partial charge is 0.507 e. The summed E-state index contributed by atoms with van der Waals surface area (Å²) >= 11 is 0. The SMILES string of the molecule is Cc1cccc(C)c1NC(=O)CON=Cc1ccccc1O. The molecule has 0 spiro atoms. The third-order valence-electron chi connectivity index (χ3n) is 3.14. The maximum atomic E-state index is 11.8. The van der Waals surface area contributed by atoms with Crippen molar-refractivity contribution >= 4 is 17.8 Å². The summed E-state index contributed by atoms with van der Waals surface area (Å²) in [6, 6.07) is 12.5. The van der Waals surface area contributed by atoms with Crippen LogP contribution in [-0.2, 0) is 9.63 Å². The van der Waals surface area contributed by atoms with E-state index in [1.807, 2.05) is 32.0 Å². The van der Waals surface area contributed by atoms with E-state index >= 15 is 0 Å². The fraction of sp³-hybridized carbons (Fsp3) is 0.176. The van der Waals surface area contributed by atoms with Crippen LogP contribution in [0, 0.1) is 13.8 Å². The van der Waals surface area contributed by atoms with Gasteiger partial charge in [-0.15, -0.1) is 0 Å². The van der Waals surface area contributed by atoms with Crippen molar-refractivity contribution in [2.45, 2.75) is 13.8 Å². The van der Waals surface area contributed by atoms with Crippen LogP contribution in [0.15, 0.2) is 47.6 Å². The summed E-state index contributed by atoms with van der Waals surface area (Å²) < 4.78 is 0.